The second-order valence-corrected chi connectivity index (χ2v) is 3.31. The highest BCUT2D eigenvalue weighted by Crippen LogP contribution is 2.10. The van der Waals surface area contributed by atoms with Crippen molar-refractivity contribution in [3.05, 3.63) is 35.7 Å². The van der Waals surface area contributed by atoms with E-state index in [1.54, 1.807) is 35.8 Å². The summed E-state index contributed by atoms with van der Waals surface area (Å²) < 4.78 is 6.42. The normalized spacial score (nSPS) is 10.6. The molecule has 2 aromatic rings. The SMILES string of the molecule is CCOC(=O)c1cc2cc(CO)ccn2n1. The lowest BCUT2D eigenvalue weighted by Gasteiger charge is -1.96. The number of nitrogens with zero attached hydrogens (tertiary/aromatic N) is 2. The Balaban J connectivity index is 2.39. The standard InChI is InChI=1S/C11H12N2O3/c1-2-16-11(15)10-6-9-5-8(7-14)3-4-13(9)12-10/h3-6,14H,2,7H2,1H3. The molecule has 0 atom stereocenters. The molecule has 0 aliphatic carbocycles. The average molecular weight is 220 g/mol. The van der Waals surface area contributed by atoms with E-state index in [0.717, 1.165) is 11.1 Å². The van der Waals surface area contributed by atoms with Gasteiger partial charge >= 0.3 is 5.97 Å². The summed E-state index contributed by atoms with van der Waals surface area (Å²) in [7, 11) is 0. The van der Waals surface area contributed by atoms with E-state index in [-0.39, 0.29) is 12.3 Å². The van der Waals surface area contributed by atoms with Gasteiger partial charge < -0.3 is 9.84 Å². The van der Waals surface area contributed by atoms with Crippen molar-refractivity contribution in [1.29, 1.82) is 0 Å². The Morgan fingerprint density at radius 2 is 2.38 bits per heavy atom. The van der Waals surface area contributed by atoms with E-state index in [9.17, 15) is 4.79 Å². The maximum Gasteiger partial charge on any atom is 0.358 e. The molecule has 84 valence electrons. The predicted molar refractivity (Wildman–Crippen MR) is 57.1 cm³/mol. The largest absolute Gasteiger partial charge is 0.461 e. The van der Waals surface area contributed by atoms with Crippen molar-refractivity contribution >= 4 is 11.5 Å². The molecule has 5 nitrogen and oxygen atoms in total. The zero-order valence-electron chi connectivity index (χ0n) is 8.88. The summed E-state index contributed by atoms with van der Waals surface area (Å²) in [6, 6.07) is 5.15. The Labute approximate surface area is 92.3 Å². The fraction of sp³-hybridized carbons (Fsp3) is 0.273. The highest BCUT2D eigenvalue weighted by Gasteiger charge is 2.11. The van der Waals surface area contributed by atoms with Crippen LogP contribution in [0.25, 0.3) is 5.52 Å². The smallest absolute Gasteiger partial charge is 0.358 e. The summed E-state index contributed by atoms with van der Waals surface area (Å²) in [4.78, 5) is 11.4. The first-order valence-corrected chi connectivity index (χ1v) is 5.01. The summed E-state index contributed by atoms with van der Waals surface area (Å²) >= 11 is 0. The maximum atomic E-state index is 11.4. The highest BCUT2D eigenvalue weighted by atomic mass is 16.5. The molecule has 2 heterocycles. The number of hydrogen-bond donors (Lipinski definition) is 1. The van der Waals surface area contributed by atoms with Crippen molar-refractivity contribution in [3.63, 3.8) is 0 Å². The first-order valence-electron chi connectivity index (χ1n) is 5.01. The minimum absolute atomic E-state index is 0.0313. The van der Waals surface area contributed by atoms with Crippen LogP contribution in [0.15, 0.2) is 24.4 Å². The fourth-order valence-corrected chi connectivity index (χ4v) is 1.44. The van der Waals surface area contributed by atoms with Crippen LogP contribution >= 0.6 is 0 Å². The molecular weight excluding hydrogens is 208 g/mol. The van der Waals surface area contributed by atoms with E-state index in [2.05, 4.69) is 5.10 Å². The zero-order valence-corrected chi connectivity index (χ0v) is 8.88. The molecule has 0 aliphatic rings. The molecule has 2 rings (SSSR count). The van der Waals surface area contributed by atoms with Gasteiger partial charge in [0, 0.05) is 6.20 Å². The predicted octanol–water partition coefficient (Wildman–Crippen LogP) is 1.00. The minimum atomic E-state index is -0.434. The zero-order chi connectivity index (χ0) is 11.5. The van der Waals surface area contributed by atoms with Crippen LogP contribution in [0.5, 0.6) is 0 Å². The number of carbonyl (C=O) groups is 1. The van der Waals surface area contributed by atoms with Gasteiger partial charge in [-0.25, -0.2) is 9.31 Å². The number of aliphatic hydroxyl groups is 1. The number of ether oxygens (including phenoxy) is 1. The van der Waals surface area contributed by atoms with Crippen molar-refractivity contribution in [2.45, 2.75) is 13.5 Å². The monoisotopic (exact) mass is 220 g/mol. The van der Waals surface area contributed by atoms with Crippen LogP contribution in [-0.4, -0.2) is 27.3 Å². The third-order valence-corrected chi connectivity index (χ3v) is 2.19. The molecule has 2 aromatic heterocycles. The van der Waals surface area contributed by atoms with Gasteiger partial charge in [0.25, 0.3) is 0 Å². The van der Waals surface area contributed by atoms with E-state index in [1.807, 2.05) is 0 Å². The molecule has 0 aliphatic heterocycles. The van der Waals surface area contributed by atoms with Crippen LogP contribution in [0.4, 0.5) is 0 Å². The Morgan fingerprint density at radius 1 is 1.56 bits per heavy atom. The van der Waals surface area contributed by atoms with Gasteiger partial charge in [0.1, 0.15) is 0 Å². The number of hydrogen-bond acceptors (Lipinski definition) is 4. The first kappa shape index (κ1) is 10.6. The lowest BCUT2D eigenvalue weighted by molar-refractivity contribution is 0.0519. The Bertz CT molecular complexity index is 519. The lowest BCUT2D eigenvalue weighted by Crippen LogP contribution is -2.05. The van der Waals surface area contributed by atoms with Gasteiger partial charge in [-0.15, -0.1) is 0 Å². The van der Waals surface area contributed by atoms with Gasteiger partial charge in [-0.1, -0.05) is 0 Å². The Morgan fingerprint density at radius 3 is 3.06 bits per heavy atom. The van der Waals surface area contributed by atoms with E-state index in [1.165, 1.54) is 0 Å². The van der Waals surface area contributed by atoms with Crippen molar-refractivity contribution in [2.24, 2.45) is 0 Å². The fourth-order valence-electron chi connectivity index (χ4n) is 1.44. The third kappa shape index (κ3) is 1.90. The van der Waals surface area contributed by atoms with Gasteiger partial charge in [0.15, 0.2) is 5.69 Å². The summed E-state index contributed by atoms with van der Waals surface area (Å²) in [6.45, 7) is 2.04. The molecule has 0 unspecified atom stereocenters. The van der Waals surface area contributed by atoms with Crippen LogP contribution in [0.3, 0.4) is 0 Å². The van der Waals surface area contributed by atoms with Crippen LogP contribution in [0, 0.1) is 0 Å². The number of pyridine rings is 1. The quantitative estimate of drug-likeness (QED) is 0.784. The molecule has 0 amide bonds. The number of esters is 1. The van der Waals surface area contributed by atoms with Crippen LogP contribution in [0.1, 0.15) is 23.0 Å². The molecule has 16 heavy (non-hydrogen) atoms. The summed E-state index contributed by atoms with van der Waals surface area (Å²) in [6.07, 6.45) is 1.70. The van der Waals surface area contributed by atoms with E-state index in [4.69, 9.17) is 9.84 Å². The topological polar surface area (TPSA) is 63.8 Å². The highest BCUT2D eigenvalue weighted by molar-refractivity contribution is 5.88. The average Bonchev–Trinajstić information content (AvgIpc) is 2.71. The van der Waals surface area contributed by atoms with Gasteiger partial charge in [0.2, 0.25) is 0 Å². The van der Waals surface area contributed by atoms with Gasteiger partial charge in [0.05, 0.1) is 18.7 Å². The second kappa shape index (κ2) is 4.32. The van der Waals surface area contributed by atoms with Crippen LogP contribution in [-0.2, 0) is 11.3 Å². The molecule has 0 saturated carbocycles. The molecule has 0 radical (unpaired) electrons. The number of rotatable bonds is 3. The Hall–Kier alpha value is -1.88. The van der Waals surface area contributed by atoms with Gasteiger partial charge in [-0.3, -0.25) is 0 Å². The summed E-state index contributed by atoms with van der Waals surface area (Å²) in [5, 5.41) is 13.0. The number of carbonyl (C=O) groups excluding carboxylic acids is 1. The Kier molecular flexibility index (Phi) is 2.87. The van der Waals surface area contributed by atoms with E-state index < -0.39 is 5.97 Å². The van der Waals surface area contributed by atoms with Crippen molar-refractivity contribution < 1.29 is 14.6 Å². The molecule has 0 fully saturated rings. The summed E-state index contributed by atoms with van der Waals surface area (Å²) in [5.74, 6) is -0.434. The summed E-state index contributed by atoms with van der Waals surface area (Å²) in [5.41, 5.74) is 1.81. The minimum Gasteiger partial charge on any atom is -0.461 e. The van der Waals surface area contributed by atoms with E-state index in [0.29, 0.717) is 6.61 Å². The van der Waals surface area contributed by atoms with E-state index >= 15 is 0 Å². The van der Waals surface area contributed by atoms with Gasteiger partial charge in [-0.05, 0) is 30.7 Å². The molecule has 5 heteroatoms. The third-order valence-electron chi connectivity index (χ3n) is 2.19. The van der Waals surface area contributed by atoms with Crippen molar-refractivity contribution in [2.75, 3.05) is 6.61 Å². The first-order chi connectivity index (χ1) is 7.74. The van der Waals surface area contributed by atoms with Gasteiger partial charge in [-0.2, -0.15) is 5.10 Å². The molecule has 0 spiro atoms. The second-order valence-electron chi connectivity index (χ2n) is 3.31. The number of aromatic nitrogens is 2. The molecular formula is C11H12N2O3. The molecule has 0 bridgehead atoms. The number of aliphatic hydroxyl groups excluding tert-OH is 1. The maximum absolute atomic E-state index is 11.4. The molecule has 1 N–H and O–H groups in total. The van der Waals surface area contributed by atoms with Crippen molar-refractivity contribution in [3.8, 4) is 0 Å². The van der Waals surface area contributed by atoms with Crippen LogP contribution < -0.4 is 0 Å². The lowest BCUT2D eigenvalue weighted by atomic mass is 10.2. The molecule has 0 saturated heterocycles. The number of fused-ring (bicyclic) bond motifs is 1. The van der Waals surface area contributed by atoms with Crippen molar-refractivity contribution in [1.82, 2.24) is 9.61 Å². The van der Waals surface area contributed by atoms with Crippen LogP contribution in [0.2, 0.25) is 0 Å². The molecule has 0 aromatic carbocycles.